The zero-order valence-corrected chi connectivity index (χ0v) is 28.9. The van der Waals surface area contributed by atoms with E-state index < -0.39 is 12.1 Å². The van der Waals surface area contributed by atoms with Crippen LogP contribution in [0.4, 0.5) is 4.79 Å². The second kappa shape index (κ2) is 27.5. The maximum Gasteiger partial charge on any atom is 0.407 e. The number of amides is 1. The molecule has 1 amide bonds. The Kier molecular flexibility index (Phi) is 22.7. The van der Waals surface area contributed by atoms with Crippen molar-refractivity contribution in [1.29, 1.82) is 0 Å². The summed E-state index contributed by atoms with van der Waals surface area (Å²) >= 11 is 0. The normalized spacial score (nSPS) is 12.2. The van der Waals surface area contributed by atoms with Crippen molar-refractivity contribution in [1.82, 2.24) is 5.32 Å². The molecule has 1 aliphatic carbocycles. The number of carboxylic acid groups (broad SMARTS) is 1. The van der Waals surface area contributed by atoms with Crippen LogP contribution in [0.25, 0.3) is 11.1 Å². The van der Waals surface area contributed by atoms with Crippen molar-refractivity contribution in [2.24, 2.45) is 0 Å². The van der Waals surface area contributed by atoms with Crippen molar-refractivity contribution in [3.8, 4) is 11.1 Å². The van der Waals surface area contributed by atoms with E-state index in [1.807, 2.05) is 24.3 Å². The Morgan fingerprint density at radius 3 is 1.22 bits per heavy atom. The summed E-state index contributed by atoms with van der Waals surface area (Å²) in [5.41, 5.74) is 4.76. The van der Waals surface area contributed by atoms with Crippen molar-refractivity contribution in [3.05, 3.63) is 59.7 Å². The molecule has 0 aromatic heterocycles. The number of fused-ring (bicyclic) bond motifs is 3. The summed E-state index contributed by atoms with van der Waals surface area (Å²) in [5, 5.41) is 11.2. The molecule has 2 N–H and O–H groups in total. The number of aliphatic carboxylic acids is 1. The van der Waals surface area contributed by atoms with Crippen LogP contribution in [0.3, 0.4) is 0 Å². The van der Waals surface area contributed by atoms with E-state index in [-0.39, 0.29) is 25.6 Å². The van der Waals surface area contributed by atoms with Gasteiger partial charge >= 0.3 is 12.1 Å². The van der Waals surface area contributed by atoms with Gasteiger partial charge in [-0.15, -0.1) is 0 Å². The summed E-state index contributed by atoms with van der Waals surface area (Å²) in [4.78, 5) is 22.6. The lowest BCUT2D eigenvalue weighted by molar-refractivity contribution is -0.138. The first-order valence-corrected chi connectivity index (χ1v) is 17.2. The van der Waals surface area contributed by atoms with E-state index in [1.165, 1.54) is 22.3 Å². The highest BCUT2D eigenvalue weighted by Gasteiger charge is 2.28. The molecule has 14 heteroatoms. The third kappa shape index (κ3) is 18.2. The standard InChI is InChI=1S/C36H53NO13/c38-35(39)9-11-41-13-15-43-17-19-45-21-23-47-25-27-49-28-26-48-24-22-46-20-18-44-16-14-42-12-10-37-36(40)50-29-34-32-7-3-1-5-30(32)31-6-2-4-8-33(31)34/h1-8,34H,9-29H2,(H,37,40)(H,38,39). The third-order valence-electron chi connectivity index (χ3n) is 7.30. The van der Waals surface area contributed by atoms with Crippen molar-refractivity contribution >= 4 is 12.1 Å². The molecule has 3 rings (SSSR count). The Hall–Kier alpha value is -3.18. The molecule has 0 spiro atoms. The molecule has 2 aromatic carbocycles. The summed E-state index contributed by atoms with van der Waals surface area (Å²) in [7, 11) is 0. The molecule has 2 aromatic rings. The van der Waals surface area contributed by atoms with E-state index in [9.17, 15) is 9.59 Å². The van der Waals surface area contributed by atoms with Crippen LogP contribution in [-0.2, 0) is 52.2 Å². The molecular formula is C36H53NO13. The van der Waals surface area contributed by atoms with Crippen LogP contribution in [0.5, 0.6) is 0 Å². The van der Waals surface area contributed by atoms with E-state index >= 15 is 0 Å². The van der Waals surface area contributed by atoms with Crippen LogP contribution in [0.1, 0.15) is 23.5 Å². The van der Waals surface area contributed by atoms with Gasteiger partial charge in [-0.1, -0.05) is 48.5 Å². The minimum atomic E-state index is -0.878. The van der Waals surface area contributed by atoms with Gasteiger partial charge in [0.25, 0.3) is 0 Å². The molecular weight excluding hydrogens is 654 g/mol. The maximum absolute atomic E-state index is 12.2. The first-order chi connectivity index (χ1) is 24.7. The average molecular weight is 708 g/mol. The lowest BCUT2D eigenvalue weighted by Crippen LogP contribution is -2.29. The minimum absolute atomic E-state index is 0.00687. The molecule has 0 saturated carbocycles. The van der Waals surface area contributed by atoms with Gasteiger partial charge in [0.05, 0.1) is 125 Å². The van der Waals surface area contributed by atoms with Crippen molar-refractivity contribution in [3.63, 3.8) is 0 Å². The van der Waals surface area contributed by atoms with Gasteiger partial charge in [-0.2, -0.15) is 0 Å². The van der Waals surface area contributed by atoms with Gasteiger partial charge in [0.15, 0.2) is 0 Å². The minimum Gasteiger partial charge on any atom is -0.481 e. The van der Waals surface area contributed by atoms with Crippen molar-refractivity contribution in [2.45, 2.75) is 12.3 Å². The molecule has 14 nitrogen and oxygen atoms in total. The lowest BCUT2D eigenvalue weighted by Gasteiger charge is -2.14. The van der Waals surface area contributed by atoms with Crippen LogP contribution >= 0.6 is 0 Å². The average Bonchev–Trinajstić information content (AvgIpc) is 3.44. The quantitative estimate of drug-likeness (QED) is 0.107. The van der Waals surface area contributed by atoms with Crippen LogP contribution < -0.4 is 5.32 Å². The van der Waals surface area contributed by atoms with Crippen LogP contribution in [-0.4, -0.2) is 149 Å². The SMILES string of the molecule is O=C(O)CCOCCOCCOCCOCCOCCOCCOCCOCCOCCNC(=O)OCC1c2ccccc2-c2ccccc21. The highest BCUT2D eigenvalue weighted by molar-refractivity contribution is 5.79. The number of ether oxygens (including phenoxy) is 10. The highest BCUT2D eigenvalue weighted by Crippen LogP contribution is 2.44. The van der Waals surface area contributed by atoms with Crippen LogP contribution in [0.2, 0.25) is 0 Å². The highest BCUT2D eigenvalue weighted by atomic mass is 16.6. The Morgan fingerprint density at radius 1 is 0.500 bits per heavy atom. The van der Waals surface area contributed by atoms with Crippen molar-refractivity contribution in [2.75, 3.05) is 132 Å². The molecule has 0 radical (unpaired) electrons. The number of carboxylic acids is 1. The summed E-state index contributed by atoms with van der Waals surface area (Å²) < 4.78 is 54.2. The van der Waals surface area contributed by atoms with Crippen LogP contribution in [0.15, 0.2) is 48.5 Å². The second-order valence-electron chi connectivity index (χ2n) is 10.9. The zero-order chi connectivity index (χ0) is 35.3. The monoisotopic (exact) mass is 707 g/mol. The number of hydrogen-bond acceptors (Lipinski definition) is 12. The summed E-state index contributed by atoms with van der Waals surface area (Å²) in [6.07, 6.45) is -0.464. The number of nitrogens with one attached hydrogen (secondary N) is 1. The molecule has 0 heterocycles. The second-order valence-corrected chi connectivity index (χ2v) is 10.9. The van der Waals surface area contributed by atoms with E-state index in [0.29, 0.717) is 119 Å². The zero-order valence-electron chi connectivity index (χ0n) is 28.9. The fraction of sp³-hybridized carbons (Fsp3) is 0.611. The number of carbonyl (C=O) groups is 2. The number of alkyl carbamates (subject to hydrolysis) is 1. The van der Waals surface area contributed by atoms with Gasteiger partial charge in [0.2, 0.25) is 0 Å². The Balaban J connectivity index is 0.974. The number of hydrogen-bond donors (Lipinski definition) is 2. The molecule has 0 aliphatic heterocycles. The summed E-state index contributed by atoms with van der Waals surface area (Å²) in [6.45, 7) is 8.37. The smallest absolute Gasteiger partial charge is 0.407 e. The predicted molar refractivity (Wildman–Crippen MR) is 183 cm³/mol. The Bertz CT molecular complexity index is 1140. The molecule has 0 saturated heterocycles. The van der Waals surface area contributed by atoms with Gasteiger partial charge in [-0.25, -0.2) is 4.79 Å². The van der Waals surface area contributed by atoms with Crippen LogP contribution in [0, 0.1) is 0 Å². The lowest BCUT2D eigenvalue weighted by atomic mass is 9.98. The van der Waals surface area contributed by atoms with E-state index in [0.717, 1.165) is 0 Å². The first-order valence-electron chi connectivity index (χ1n) is 17.2. The molecule has 1 aliphatic rings. The maximum atomic E-state index is 12.2. The fourth-order valence-electron chi connectivity index (χ4n) is 4.90. The predicted octanol–water partition coefficient (Wildman–Crippen LogP) is 3.15. The topological polar surface area (TPSA) is 159 Å². The van der Waals surface area contributed by atoms with E-state index in [1.54, 1.807) is 0 Å². The summed E-state index contributed by atoms with van der Waals surface area (Å²) in [5.74, 6) is -0.844. The van der Waals surface area contributed by atoms with Gasteiger partial charge in [-0.3, -0.25) is 4.79 Å². The van der Waals surface area contributed by atoms with Gasteiger partial charge in [-0.05, 0) is 22.3 Å². The van der Waals surface area contributed by atoms with Gasteiger partial charge in [0.1, 0.15) is 6.61 Å². The van der Waals surface area contributed by atoms with Gasteiger partial charge in [0, 0.05) is 12.5 Å². The number of benzene rings is 2. The molecule has 280 valence electrons. The molecule has 0 atom stereocenters. The van der Waals surface area contributed by atoms with E-state index in [2.05, 4.69) is 29.6 Å². The number of rotatable bonds is 32. The van der Waals surface area contributed by atoms with Gasteiger partial charge < -0.3 is 57.8 Å². The molecule has 50 heavy (non-hydrogen) atoms. The molecule has 0 unspecified atom stereocenters. The Morgan fingerprint density at radius 2 is 0.840 bits per heavy atom. The largest absolute Gasteiger partial charge is 0.481 e. The molecule has 0 fully saturated rings. The number of carbonyl (C=O) groups excluding carboxylic acids is 1. The summed E-state index contributed by atoms with van der Waals surface area (Å²) in [6, 6.07) is 16.5. The fourth-order valence-corrected chi connectivity index (χ4v) is 4.90. The van der Waals surface area contributed by atoms with Crippen molar-refractivity contribution < 1.29 is 62.1 Å². The first kappa shape index (κ1) is 41.2. The third-order valence-corrected chi connectivity index (χ3v) is 7.30. The Labute approximate surface area is 294 Å². The molecule has 0 bridgehead atoms. The van der Waals surface area contributed by atoms with E-state index in [4.69, 9.17) is 52.5 Å².